The van der Waals surface area contributed by atoms with E-state index in [0.717, 1.165) is 5.75 Å². The summed E-state index contributed by atoms with van der Waals surface area (Å²) in [5.74, 6) is 1.83. The molecule has 0 aliphatic carbocycles. The van der Waals surface area contributed by atoms with Gasteiger partial charge in [0.05, 0.1) is 18.9 Å². The van der Waals surface area contributed by atoms with Crippen LogP contribution in [0.15, 0.2) is 42.7 Å². The van der Waals surface area contributed by atoms with Crippen molar-refractivity contribution >= 4 is 0 Å². The van der Waals surface area contributed by atoms with E-state index in [2.05, 4.69) is 4.98 Å². The molecule has 4 heteroatoms. The molecular weight excluding hydrogens is 216 g/mol. The Balaban J connectivity index is 2.23. The SMILES string of the molecule is COc1ccc(Oc2cnccc2C#N)cc1. The van der Waals surface area contributed by atoms with Gasteiger partial charge in [0.15, 0.2) is 5.75 Å². The van der Waals surface area contributed by atoms with Crippen LogP contribution < -0.4 is 9.47 Å². The number of rotatable bonds is 3. The van der Waals surface area contributed by atoms with Gasteiger partial charge in [-0.25, -0.2) is 0 Å². The lowest BCUT2D eigenvalue weighted by Crippen LogP contribution is -1.89. The summed E-state index contributed by atoms with van der Waals surface area (Å²) in [6, 6.07) is 10.8. The standard InChI is InChI=1S/C13H10N2O2/c1-16-11-2-4-12(5-3-11)17-13-9-15-7-6-10(13)8-14/h2-7,9H,1H3. The van der Waals surface area contributed by atoms with Crippen molar-refractivity contribution in [2.75, 3.05) is 7.11 Å². The summed E-state index contributed by atoms with van der Waals surface area (Å²) in [5.41, 5.74) is 0.454. The maximum absolute atomic E-state index is 8.90. The second-order valence-electron chi connectivity index (χ2n) is 3.26. The number of pyridine rings is 1. The number of hydrogen-bond donors (Lipinski definition) is 0. The van der Waals surface area contributed by atoms with E-state index in [4.69, 9.17) is 14.7 Å². The van der Waals surface area contributed by atoms with E-state index in [1.165, 1.54) is 6.20 Å². The topological polar surface area (TPSA) is 55.1 Å². The van der Waals surface area contributed by atoms with Crippen molar-refractivity contribution in [3.8, 4) is 23.3 Å². The van der Waals surface area contributed by atoms with E-state index in [-0.39, 0.29) is 0 Å². The van der Waals surface area contributed by atoms with Crippen LogP contribution >= 0.6 is 0 Å². The van der Waals surface area contributed by atoms with Crippen molar-refractivity contribution < 1.29 is 9.47 Å². The fourth-order valence-electron chi connectivity index (χ4n) is 1.32. The molecule has 0 aliphatic rings. The Hall–Kier alpha value is -2.54. The second-order valence-corrected chi connectivity index (χ2v) is 3.26. The van der Waals surface area contributed by atoms with Crippen LogP contribution in [0.1, 0.15) is 5.56 Å². The molecule has 4 nitrogen and oxygen atoms in total. The average Bonchev–Trinajstić information content (AvgIpc) is 2.40. The molecule has 84 valence electrons. The van der Waals surface area contributed by atoms with Crippen LogP contribution in [0.4, 0.5) is 0 Å². The zero-order valence-electron chi connectivity index (χ0n) is 9.25. The number of hydrogen-bond acceptors (Lipinski definition) is 4. The molecule has 1 aromatic heterocycles. The number of benzene rings is 1. The Labute approximate surface area is 99.1 Å². The lowest BCUT2D eigenvalue weighted by molar-refractivity contribution is 0.412. The molecule has 0 saturated heterocycles. The van der Waals surface area contributed by atoms with Gasteiger partial charge in [-0.3, -0.25) is 4.98 Å². The van der Waals surface area contributed by atoms with E-state index < -0.39 is 0 Å². The summed E-state index contributed by atoms with van der Waals surface area (Å²) in [6.07, 6.45) is 3.07. The summed E-state index contributed by atoms with van der Waals surface area (Å²) >= 11 is 0. The Kier molecular flexibility index (Phi) is 3.22. The van der Waals surface area contributed by atoms with Gasteiger partial charge in [0, 0.05) is 6.20 Å². The Morgan fingerprint density at radius 3 is 2.47 bits per heavy atom. The lowest BCUT2D eigenvalue weighted by Gasteiger charge is -2.07. The van der Waals surface area contributed by atoms with Crippen molar-refractivity contribution in [2.24, 2.45) is 0 Å². The first-order valence-corrected chi connectivity index (χ1v) is 4.99. The maximum atomic E-state index is 8.90. The molecule has 1 aromatic carbocycles. The lowest BCUT2D eigenvalue weighted by atomic mass is 10.2. The number of nitriles is 1. The third kappa shape index (κ3) is 2.52. The van der Waals surface area contributed by atoms with Gasteiger partial charge < -0.3 is 9.47 Å². The molecule has 1 heterocycles. The average molecular weight is 226 g/mol. The molecule has 0 N–H and O–H groups in total. The number of nitrogens with zero attached hydrogens (tertiary/aromatic N) is 2. The zero-order chi connectivity index (χ0) is 12.1. The van der Waals surface area contributed by atoms with E-state index in [0.29, 0.717) is 17.1 Å². The molecule has 0 aliphatic heterocycles. The smallest absolute Gasteiger partial charge is 0.163 e. The van der Waals surface area contributed by atoms with Crippen LogP contribution in [0.3, 0.4) is 0 Å². The molecule has 2 aromatic rings. The van der Waals surface area contributed by atoms with Crippen LogP contribution in [-0.2, 0) is 0 Å². The molecule has 0 unspecified atom stereocenters. The van der Waals surface area contributed by atoms with Crippen LogP contribution in [0.5, 0.6) is 17.2 Å². The predicted octanol–water partition coefficient (Wildman–Crippen LogP) is 2.75. The van der Waals surface area contributed by atoms with Crippen LogP contribution in [-0.4, -0.2) is 12.1 Å². The highest BCUT2D eigenvalue weighted by atomic mass is 16.5. The molecule has 0 radical (unpaired) electrons. The highest BCUT2D eigenvalue weighted by molar-refractivity contribution is 5.43. The summed E-state index contributed by atoms with van der Waals surface area (Å²) in [6.45, 7) is 0. The minimum absolute atomic E-state index is 0.445. The van der Waals surface area contributed by atoms with Crippen molar-refractivity contribution in [3.63, 3.8) is 0 Å². The molecule has 0 spiro atoms. The molecule has 0 atom stereocenters. The van der Waals surface area contributed by atoms with Gasteiger partial charge in [0.25, 0.3) is 0 Å². The molecule has 0 fully saturated rings. The first-order valence-electron chi connectivity index (χ1n) is 4.99. The summed E-state index contributed by atoms with van der Waals surface area (Å²) < 4.78 is 10.6. The van der Waals surface area contributed by atoms with Crippen molar-refractivity contribution in [3.05, 3.63) is 48.3 Å². The monoisotopic (exact) mass is 226 g/mol. The van der Waals surface area contributed by atoms with E-state index >= 15 is 0 Å². The minimum Gasteiger partial charge on any atom is -0.497 e. The largest absolute Gasteiger partial charge is 0.497 e. The van der Waals surface area contributed by atoms with Gasteiger partial charge in [0.1, 0.15) is 17.6 Å². The van der Waals surface area contributed by atoms with Gasteiger partial charge in [-0.1, -0.05) is 0 Å². The Bertz CT molecular complexity index is 544. The van der Waals surface area contributed by atoms with Gasteiger partial charge in [0.2, 0.25) is 0 Å². The first kappa shape index (κ1) is 11.0. The van der Waals surface area contributed by atoms with E-state index in [1.807, 2.05) is 6.07 Å². The van der Waals surface area contributed by atoms with Crippen LogP contribution in [0.2, 0.25) is 0 Å². The maximum Gasteiger partial charge on any atom is 0.163 e. The fourth-order valence-corrected chi connectivity index (χ4v) is 1.32. The summed E-state index contributed by atoms with van der Waals surface area (Å²) in [4.78, 5) is 3.92. The summed E-state index contributed by atoms with van der Waals surface area (Å²) in [5, 5.41) is 8.90. The zero-order valence-corrected chi connectivity index (χ0v) is 9.25. The van der Waals surface area contributed by atoms with E-state index in [1.54, 1.807) is 43.6 Å². The summed E-state index contributed by atoms with van der Waals surface area (Å²) in [7, 11) is 1.60. The van der Waals surface area contributed by atoms with Crippen LogP contribution in [0, 0.1) is 11.3 Å². The highest BCUT2D eigenvalue weighted by Crippen LogP contribution is 2.25. The third-order valence-corrected chi connectivity index (χ3v) is 2.19. The van der Waals surface area contributed by atoms with Gasteiger partial charge in [-0.05, 0) is 30.3 Å². The number of ether oxygens (including phenoxy) is 2. The number of aromatic nitrogens is 1. The third-order valence-electron chi connectivity index (χ3n) is 2.19. The Morgan fingerprint density at radius 1 is 1.12 bits per heavy atom. The molecule has 17 heavy (non-hydrogen) atoms. The van der Waals surface area contributed by atoms with Gasteiger partial charge >= 0.3 is 0 Å². The van der Waals surface area contributed by atoms with Crippen molar-refractivity contribution in [1.82, 2.24) is 4.98 Å². The predicted molar refractivity (Wildman–Crippen MR) is 62.0 cm³/mol. The highest BCUT2D eigenvalue weighted by Gasteiger charge is 2.04. The Morgan fingerprint density at radius 2 is 1.82 bits per heavy atom. The normalized spacial score (nSPS) is 9.41. The molecular formula is C13H10N2O2. The van der Waals surface area contributed by atoms with E-state index in [9.17, 15) is 0 Å². The molecule has 0 bridgehead atoms. The quantitative estimate of drug-likeness (QED) is 0.807. The van der Waals surface area contributed by atoms with Crippen molar-refractivity contribution in [2.45, 2.75) is 0 Å². The first-order chi connectivity index (χ1) is 8.33. The van der Waals surface area contributed by atoms with Gasteiger partial charge in [-0.2, -0.15) is 5.26 Å². The number of methoxy groups -OCH3 is 1. The van der Waals surface area contributed by atoms with Gasteiger partial charge in [-0.15, -0.1) is 0 Å². The van der Waals surface area contributed by atoms with Crippen LogP contribution in [0.25, 0.3) is 0 Å². The molecule has 2 rings (SSSR count). The molecule has 0 saturated carbocycles. The van der Waals surface area contributed by atoms with Crippen molar-refractivity contribution in [1.29, 1.82) is 5.26 Å². The minimum atomic E-state index is 0.445. The second kappa shape index (κ2) is 4.99. The molecule has 0 amide bonds. The fraction of sp³-hybridized carbons (Fsp3) is 0.0769.